The van der Waals surface area contributed by atoms with Crippen LogP contribution in [0, 0.1) is 5.92 Å². The fourth-order valence-electron chi connectivity index (χ4n) is 3.57. The van der Waals surface area contributed by atoms with Crippen LogP contribution in [0.25, 0.3) is 0 Å². The van der Waals surface area contributed by atoms with Crippen molar-refractivity contribution in [1.29, 1.82) is 0 Å². The Hall–Kier alpha value is -1.76. The van der Waals surface area contributed by atoms with Crippen molar-refractivity contribution < 1.29 is 9.53 Å². The van der Waals surface area contributed by atoms with E-state index in [1.165, 1.54) is 6.42 Å². The summed E-state index contributed by atoms with van der Waals surface area (Å²) in [5.74, 6) is 1.25. The van der Waals surface area contributed by atoms with Crippen molar-refractivity contribution in [3.05, 3.63) is 12.2 Å². The first-order valence-corrected chi connectivity index (χ1v) is 9.98. The lowest BCUT2D eigenvalue weighted by Crippen LogP contribution is -2.45. The van der Waals surface area contributed by atoms with Crippen molar-refractivity contribution in [1.82, 2.24) is 20.0 Å². The van der Waals surface area contributed by atoms with Crippen LogP contribution in [-0.4, -0.2) is 91.8 Å². The van der Waals surface area contributed by atoms with Gasteiger partial charge in [0.15, 0.2) is 5.96 Å². The summed E-state index contributed by atoms with van der Waals surface area (Å²) in [6.45, 7) is 13.4. The van der Waals surface area contributed by atoms with Gasteiger partial charge in [-0.15, -0.1) is 0 Å². The minimum absolute atomic E-state index is 0.277. The normalized spacial score (nSPS) is 22.2. The topological polar surface area (TPSA) is 60.4 Å². The van der Waals surface area contributed by atoms with Gasteiger partial charge in [-0.25, -0.2) is 4.79 Å². The smallest absolute Gasteiger partial charge is 0.410 e. The minimum atomic E-state index is -0.466. The van der Waals surface area contributed by atoms with Crippen LogP contribution in [0.2, 0.25) is 0 Å². The summed E-state index contributed by atoms with van der Waals surface area (Å²) in [5, 5.41) is 3.48. The summed E-state index contributed by atoms with van der Waals surface area (Å²) >= 11 is 0. The standard InChI is InChI=1S/C20H37N5O2/c1-16(14-23(6)19(26)27-20(2,3)4)13-22-18(21-5)25-12-9-17(15-25)24-10-7-8-11-24/h7-8,16-17H,9-15H2,1-6H3,(H,21,22). The molecule has 0 bridgehead atoms. The van der Waals surface area contributed by atoms with Gasteiger partial charge >= 0.3 is 6.09 Å². The van der Waals surface area contributed by atoms with Gasteiger partial charge in [-0.2, -0.15) is 0 Å². The van der Waals surface area contributed by atoms with Gasteiger partial charge in [-0.1, -0.05) is 19.1 Å². The van der Waals surface area contributed by atoms with Gasteiger partial charge in [0.05, 0.1) is 0 Å². The Kier molecular flexibility index (Phi) is 7.53. The molecule has 1 amide bonds. The van der Waals surface area contributed by atoms with Gasteiger partial charge in [0.1, 0.15) is 5.60 Å². The maximum Gasteiger partial charge on any atom is 0.410 e. The number of nitrogens with one attached hydrogen (secondary N) is 1. The number of carbonyl (C=O) groups excluding carboxylic acids is 1. The van der Waals surface area contributed by atoms with Gasteiger partial charge < -0.3 is 19.9 Å². The number of ether oxygens (including phenoxy) is 1. The number of aliphatic imine (C=N–C) groups is 1. The second kappa shape index (κ2) is 9.44. The van der Waals surface area contributed by atoms with Gasteiger partial charge in [0, 0.05) is 59.4 Å². The summed E-state index contributed by atoms with van der Waals surface area (Å²) in [7, 11) is 3.62. The van der Waals surface area contributed by atoms with Crippen LogP contribution in [0.4, 0.5) is 4.79 Å². The van der Waals surface area contributed by atoms with Crippen LogP contribution in [0.5, 0.6) is 0 Å². The van der Waals surface area contributed by atoms with Crippen LogP contribution >= 0.6 is 0 Å². The van der Waals surface area contributed by atoms with Crippen molar-refractivity contribution in [2.45, 2.75) is 45.8 Å². The molecule has 0 aromatic rings. The lowest BCUT2D eigenvalue weighted by molar-refractivity contribution is 0.0278. The molecule has 0 aromatic carbocycles. The van der Waals surface area contributed by atoms with Crippen molar-refractivity contribution in [3.8, 4) is 0 Å². The van der Waals surface area contributed by atoms with E-state index in [4.69, 9.17) is 4.74 Å². The molecule has 1 fully saturated rings. The van der Waals surface area contributed by atoms with E-state index in [0.717, 1.165) is 38.7 Å². The minimum Gasteiger partial charge on any atom is -0.444 e. The van der Waals surface area contributed by atoms with Crippen molar-refractivity contribution >= 4 is 12.1 Å². The SMILES string of the molecule is CN=C(NCC(C)CN(C)C(=O)OC(C)(C)C)N1CCC(N2CC=CC2)C1. The zero-order valence-electron chi connectivity index (χ0n) is 17.9. The maximum atomic E-state index is 12.1. The molecule has 0 radical (unpaired) electrons. The highest BCUT2D eigenvalue weighted by Gasteiger charge is 2.29. The second-order valence-electron chi connectivity index (χ2n) is 8.71. The van der Waals surface area contributed by atoms with Crippen molar-refractivity contribution in [2.75, 3.05) is 53.4 Å². The molecule has 0 aromatic heterocycles. The molecule has 1 saturated heterocycles. The van der Waals surface area contributed by atoms with Gasteiger partial charge in [-0.05, 0) is 33.1 Å². The van der Waals surface area contributed by atoms with Crippen LogP contribution in [0.1, 0.15) is 34.1 Å². The lowest BCUT2D eigenvalue weighted by atomic mass is 10.1. The quantitative estimate of drug-likeness (QED) is 0.450. The van der Waals surface area contributed by atoms with Crippen molar-refractivity contribution in [2.24, 2.45) is 10.9 Å². The number of rotatable bonds is 5. The van der Waals surface area contributed by atoms with Crippen LogP contribution in [0.3, 0.4) is 0 Å². The van der Waals surface area contributed by atoms with E-state index >= 15 is 0 Å². The zero-order chi connectivity index (χ0) is 20.0. The first kappa shape index (κ1) is 21.5. The third-order valence-electron chi connectivity index (χ3n) is 4.94. The van der Waals surface area contributed by atoms with Gasteiger partial charge in [0.25, 0.3) is 0 Å². The Morgan fingerprint density at radius 3 is 2.63 bits per heavy atom. The van der Waals surface area contributed by atoms with E-state index in [1.807, 2.05) is 27.8 Å². The largest absolute Gasteiger partial charge is 0.444 e. The summed E-state index contributed by atoms with van der Waals surface area (Å²) < 4.78 is 5.41. The Morgan fingerprint density at radius 1 is 1.37 bits per heavy atom. The Labute approximate surface area is 164 Å². The summed E-state index contributed by atoms with van der Waals surface area (Å²) in [5.41, 5.74) is -0.466. The molecule has 27 heavy (non-hydrogen) atoms. The number of hydrogen-bond acceptors (Lipinski definition) is 4. The molecule has 2 aliphatic heterocycles. The molecule has 2 heterocycles. The second-order valence-corrected chi connectivity index (χ2v) is 8.71. The Bertz CT molecular complexity index is 547. The molecule has 2 atom stereocenters. The van der Waals surface area contributed by atoms with E-state index in [9.17, 15) is 4.79 Å². The molecular weight excluding hydrogens is 342 g/mol. The maximum absolute atomic E-state index is 12.1. The first-order chi connectivity index (χ1) is 12.7. The molecule has 2 aliphatic rings. The van der Waals surface area contributed by atoms with Crippen LogP contribution in [-0.2, 0) is 4.74 Å². The summed E-state index contributed by atoms with van der Waals surface area (Å²) in [4.78, 5) is 23.1. The highest BCUT2D eigenvalue weighted by atomic mass is 16.6. The molecule has 2 unspecified atom stereocenters. The van der Waals surface area contributed by atoms with Crippen LogP contribution in [0.15, 0.2) is 17.1 Å². The van der Waals surface area contributed by atoms with E-state index in [1.54, 1.807) is 11.9 Å². The highest BCUT2D eigenvalue weighted by molar-refractivity contribution is 5.80. The molecule has 1 N–H and O–H groups in total. The number of guanidine groups is 1. The van der Waals surface area contributed by atoms with E-state index in [0.29, 0.717) is 18.5 Å². The zero-order valence-corrected chi connectivity index (χ0v) is 17.9. The van der Waals surface area contributed by atoms with E-state index in [-0.39, 0.29) is 6.09 Å². The third kappa shape index (κ3) is 6.72. The van der Waals surface area contributed by atoms with Crippen molar-refractivity contribution in [3.63, 3.8) is 0 Å². The molecule has 0 spiro atoms. The number of nitrogens with zero attached hydrogens (tertiary/aromatic N) is 4. The Morgan fingerprint density at radius 2 is 2.04 bits per heavy atom. The fourth-order valence-corrected chi connectivity index (χ4v) is 3.57. The summed E-state index contributed by atoms with van der Waals surface area (Å²) in [6, 6.07) is 0.606. The predicted molar refractivity (Wildman–Crippen MR) is 110 cm³/mol. The predicted octanol–water partition coefficient (Wildman–Crippen LogP) is 2.01. The Balaban J connectivity index is 1.74. The summed E-state index contributed by atoms with van der Waals surface area (Å²) in [6.07, 6.45) is 5.40. The first-order valence-electron chi connectivity index (χ1n) is 9.98. The molecule has 154 valence electrons. The fraction of sp³-hybridized carbons (Fsp3) is 0.800. The highest BCUT2D eigenvalue weighted by Crippen LogP contribution is 2.18. The van der Waals surface area contributed by atoms with Gasteiger partial charge in [-0.3, -0.25) is 9.89 Å². The third-order valence-corrected chi connectivity index (χ3v) is 4.94. The number of likely N-dealkylation sites (tertiary alicyclic amines) is 1. The molecular formula is C20H37N5O2. The number of hydrogen-bond donors (Lipinski definition) is 1. The molecule has 0 saturated carbocycles. The van der Waals surface area contributed by atoms with E-state index in [2.05, 4.69) is 39.2 Å². The number of carbonyl (C=O) groups is 1. The van der Waals surface area contributed by atoms with Crippen LogP contribution < -0.4 is 5.32 Å². The van der Waals surface area contributed by atoms with E-state index < -0.39 is 5.60 Å². The number of amides is 1. The average molecular weight is 380 g/mol. The molecule has 2 rings (SSSR count). The monoisotopic (exact) mass is 379 g/mol. The van der Waals surface area contributed by atoms with Gasteiger partial charge in [0.2, 0.25) is 0 Å². The average Bonchev–Trinajstić information content (AvgIpc) is 3.25. The lowest BCUT2D eigenvalue weighted by Gasteiger charge is -2.28. The molecule has 7 heteroatoms. The molecule has 7 nitrogen and oxygen atoms in total. The molecule has 0 aliphatic carbocycles.